The van der Waals surface area contributed by atoms with E-state index in [1.807, 2.05) is 0 Å². The Balaban J connectivity index is 3.08. The van der Waals surface area contributed by atoms with E-state index < -0.39 is 0 Å². The van der Waals surface area contributed by atoms with Crippen LogP contribution in [0.5, 0.6) is 0 Å². The zero-order valence-corrected chi connectivity index (χ0v) is 14.8. The van der Waals surface area contributed by atoms with E-state index in [0.717, 1.165) is 25.7 Å². The van der Waals surface area contributed by atoms with Crippen LogP contribution in [0.4, 0.5) is 0 Å². The van der Waals surface area contributed by atoms with Gasteiger partial charge in [-0.05, 0) is 32.6 Å². The van der Waals surface area contributed by atoms with Crippen LogP contribution < -0.4 is 0 Å². The largest absolute Gasteiger partial charge is 0.396 e. The summed E-state index contributed by atoms with van der Waals surface area (Å²) in [5.41, 5.74) is 0. The van der Waals surface area contributed by atoms with Crippen molar-refractivity contribution in [3.8, 4) is 0 Å². The molecule has 0 spiro atoms. The highest BCUT2D eigenvalue weighted by Crippen LogP contribution is 2.14. The number of hydrogen-bond acceptors (Lipinski definition) is 3. The predicted octanol–water partition coefficient (Wildman–Crippen LogP) is 4.57. The highest BCUT2D eigenvalue weighted by Gasteiger charge is 2.05. The first-order chi connectivity index (χ1) is 10.7. The first-order valence-corrected chi connectivity index (χ1v) is 9.63. The lowest BCUT2D eigenvalue weighted by atomic mass is 10.0. The average Bonchev–Trinajstić information content (AvgIpc) is 2.49. The van der Waals surface area contributed by atoms with E-state index >= 15 is 0 Å². The molecule has 134 valence electrons. The molecule has 0 aliphatic heterocycles. The maximum absolute atomic E-state index is 9.75. The van der Waals surface area contributed by atoms with Gasteiger partial charge in [-0.1, -0.05) is 70.6 Å². The molecule has 0 aromatic heterocycles. The Morgan fingerprint density at radius 2 is 0.955 bits per heavy atom. The SMILES string of the molecule is CC(O)CCC(O)CCCCCCCCCCCCCCO. The third kappa shape index (κ3) is 17.9. The molecule has 3 N–H and O–H groups in total. The van der Waals surface area contributed by atoms with Crippen molar-refractivity contribution in [2.75, 3.05) is 6.61 Å². The molecule has 0 fully saturated rings. The predicted molar refractivity (Wildman–Crippen MR) is 94.0 cm³/mol. The van der Waals surface area contributed by atoms with Gasteiger partial charge in [0.05, 0.1) is 12.2 Å². The molecule has 0 aromatic carbocycles. The molecule has 0 amide bonds. The van der Waals surface area contributed by atoms with Crippen molar-refractivity contribution >= 4 is 0 Å². The molecule has 0 aliphatic carbocycles. The molecular weight excluding hydrogens is 276 g/mol. The van der Waals surface area contributed by atoms with Gasteiger partial charge in [-0.3, -0.25) is 0 Å². The quantitative estimate of drug-likeness (QED) is 0.344. The fourth-order valence-corrected chi connectivity index (χ4v) is 2.84. The van der Waals surface area contributed by atoms with Gasteiger partial charge in [0, 0.05) is 6.61 Å². The number of unbranched alkanes of at least 4 members (excludes halogenated alkanes) is 11. The molecule has 0 rings (SSSR count). The van der Waals surface area contributed by atoms with Crippen LogP contribution in [0.25, 0.3) is 0 Å². The van der Waals surface area contributed by atoms with Crippen LogP contribution in [-0.4, -0.2) is 34.1 Å². The van der Waals surface area contributed by atoms with E-state index in [1.165, 1.54) is 64.2 Å². The monoisotopic (exact) mass is 316 g/mol. The number of rotatable bonds is 17. The molecule has 22 heavy (non-hydrogen) atoms. The van der Waals surface area contributed by atoms with E-state index in [1.54, 1.807) is 6.92 Å². The van der Waals surface area contributed by atoms with Gasteiger partial charge in [0.1, 0.15) is 0 Å². The van der Waals surface area contributed by atoms with Crippen LogP contribution >= 0.6 is 0 Å². The van der Waals surface area contributed by atoms with Gasteiger partial charge in [-0.2, -0.15) is 0 Å². The van der Waals surface area contributed by atoms with Gasteiger partial charge in [0.2, 0.25) is 0 Å². The molecule has 2 unspecified atom stereocenters. The van der Waals surface area contributed by atoms with Gasteiger partial charge < -0.3 is 15.3 Å². The summed E-state index contributed by atoms with van der Waals surface area (Å²) in [5, 5.41) is 27.6. The first kappa shape index (κ1) is 21.9. The number of hydrogen-bond donors (Lipinski definition) is 3. The van der Waals surface area contributed by atoms with Crippen molar-refractivity contribution in [2.45, 2.75) is 115 Å². The smallest absolute Gasteiger partial charge is 0.0541 e. The molecule has 3 heteroatoms. The van der Waals surface area contributed by atoms with E-state index in [0.29, 0.717) is 13.0 Å². The fraction of sp³-hybridized carbons (Fsp3) is 1.00. The first-order valence-electron chi connectivity index (χ1n) is 9.63. The molecule has 0 heterocycles. The molecule has 0 saturated carbocycles. The summed E-state index contributed by atoms with van der Waals surface area (Å²) >= 11 is 0. The number of aliphatic hydroxyl groups is 3. The summed E-state index contributed by atoms with van der Waals surface area (Å²) in [5.74, 6) is 0. The molecule has 2 atom stereocenters. The van der Waals surface area contributed by atoms with E-state index in [4.69, 9.17) is 10.2 Å². The lowest BCUT2D eigenvalue weighted by Gasteiger charge is -2.11. The van der Waals surface area contributed by atoms with Crippen LogP contribution in [0.3, 0.4) is 0 Å². The Morgan fingerprint density at radius 1 is 0.545 bits per heavy atom. The van der Waals surface area contributed by atoms with Crippen molar-refractivity contribution in [3.05, 3.63) is 0 Å². The maximum Gasteiger partial charge on any atom is 0.0541 e. The summed E-state index contributed by atoms with van der Waals surface area (Å²) in [4.78, 5) is 0. The van der Waals surface area contributed by atoms with Gasteiger partial charge in [0.25, 0.3) is 0 Å². The summed E-state index contributed by atoms with van der Waals surface area (Å²) in [6, 6.07) is 0. The Morgan fingerprint density at radius 3 is 1.36 bits per heavy atom. The molecule has 0 bridgehead atoms. The average molecular weight is 317 g/mol. The molecule has 0 radical (unpaired) electrons. The van der Waals surface area contributed by atoms with Gasteiger partial charge >= 0.3 is 0 Å². The summed E-state index contributed by atoms with van der Waals surface area (Å²) in [6.45, 7) is 2.12. The lowest BCUT2D eigenvalue weighted by Crippen LogP contribution is -2.10. The van der Waals surface area contributed by atoms with Gasteiger partial charge in [-0.25, -0.2) is 0 Å². The molecule has 0 saturated heterocycles. The maximum atomic E-state index is 9.75. The molecule has 3 nitrogen and oxygen atoms in total. The van der Waals surface area contributed by atoms with E-state index in [2.05, 4.69) is 0 Å². The minimum absolute atomic E-state index is 0.222. The second kappa shape index (κ2) is 17.2. The Labute approximate surface area is 138 Å². The zero-order valence-electron chi connectivity index (χ0n) is 14.8. The fourth-order valence-electron chi connectivity index (χ4n) is 2.84. The highest BCUT2D eigenvalue weighted by molar-refractivity contribution is 4.59. The van der Waals surface area contributed by atoms with Crippen LogP contribution in [0.2, 0.25) is 0 Å². The van der Waals surface area contributed by atoms with Crippen LogP contribution in [0.1, 0.15) is 103 Å². The third-order valence-electron chi connectivity index (χ3n) is 4.36. The molecule has 0 aliphatic rings. The molecular formula is C19H40O3. The summed E-state index contributed by atoms with van der Waals surface area (Å²) < 4.78 is 0. The van der Waals surface area contributed by atoms with Crippen molar-refractivity contribution in [3.63, 3.8) is 0 Å². The van der Waals surface area contributed by atoms with Gasteiger partial charge in [0.15, 0.2) is 0 Å². The zero-order chi connectivity index (χ0) is 16.5. The van der Waals surface area contributed by atoms with E-state index in [-0.39, 0.29) is 12.2 Å². The van der Waals surface area contributed by atoms with Crippen LogP contribution in [0.15, 0.2) is 0 Å². The third-order valence-corrected chi connectivity index (χ3v) is 4.36. The second-order valence-electron chi connectivity index (χ2n) is 6.84. The minimum Gasteiger partial charge on any atom is -0.396 e. The second-order valence-corrected chi connectivity index (χ2v) is 6.84. The van der Waals surface area contributed by atoms with E-state index in [9.17, 15) is 5.11 Å². The standard InChI is InChI=1S/C19H40O3/c1-18(21)15-16-19(22)14-12-10-8-6-4-2-3-5-7-9-11-13-17-20/h18-22H,2-17H2,1H3. The summed E-state index contributed by atoms with van der Waals surface area (Å²) in [6.07, 6.45) is 16.9. The normalized spacial score (nSPS) is 14.2. The summed E-state index contributed by atoms with van der Waals surface area (Å²) in [7, 11) is 0. The van der Waals surface area contributed by atoms with Crippen molar-refractivity contribution in [1.82, 2.24) is 0 Å². The van der Waals surface area contributed by atoms with Crippen LogP contribution in [0, 0.1) is 0 Å². The van der Waals surface area contributed by atoms with Crippen molar-refractivity contribution < 1.29 is 15.3 Å². The van der Waals surface area contributed by atoms with Crippen molar-refractivity contribution in [2.24, 2.45) is 0 Å². The van der Waals surface area contributed by atoms with Crippen molar-refractivity contribution in [1.29, 1.82) is 0 Å². The minimum atomic E-state index is -0.288. The lowest BCUT2D eigenvalue weighted by molar-refractivity contribution is 0.114. The highest BCUT2D eigenvalue weighted by atomic mass is 16.3. The van der Waals surface area contributed by atoms with Crippen LogP contribution in [-0.2, 0) is 0 Å². The van der Waals surface area contributed by atoms with Gasteiger partial charge in [-0.15, -0.1) is 0 Å². The molecule has 0 aromatic rings. The number of aliphatic hydroxyl groups excluding tert-OH is 3. The Hall–Kier alpha value is -0.120. The Kier molecular flexibility index (Phi) is 17.1. The topological polar surface area (TPSA) is 60.7 Å². The Bertz CT molecular complexity index is 207.